The van der Waals surface area contributed by atoms with Crippen LogP contribution in [0.3, 0.4) is 0 Å². The van der Waals surface area contributed by atoms with E-state index in [1.165, 1.54) is 0 Å². The van der Waals surface area contributed by atoms with E-state index >= 15 is 0 Å². The van der Waals surface area contributed by atoms with Crippen LogP contribution in [0.4, 0.5) is 0 Å². The minimum Gasteiger partial charge on any atom is -0.469 e. The average molecular weight is 309 g/mol. The Morgan fingerprint density at radius 3 is 3.05 bits per heavy atom. The number of ether oxygens (including phenoxy) is 3. The fraction of sp³-hybridized carbons (Fsp3) is 0.267. The van der Waals surface area contributed by atoms with Crippen LogP contribution in [0.1, 0.15) is 17.7 Å². The quantitative estimate of drug-likeness (QED) is 0.793. The zero-order chi connectivity index (χ0) is 14.7. The zero-order valence-electron chi connectivity index (χ0n) is 11.1. The van der Waals surface area contributed by atoms with Gasteiger partial charge in [-0.05, 0) is 29.8 Å². The van der Waals surface area contributed by atoms with E-state index in [1.807, 2.05) is 6.07 Å². The number of aryl methyl sites for hydroxylation is 1. The molecule has 1 aromatic carbocycles. The average Bonchev–Trinajstić information content (AvgIpc) is 3.14. The second kappa shape index (κ2) is 6.10. The molecular formula is C15H13ClO5. The van der Waals surface area contributed by atoms with Gasteiger partial charge in [0, 0.05) is 6.42 Å². The minimum absolute atomic E-state index is 0.146. The van der Waals surface area contributed by atoms with Crippen molar-refractivity contribution in [3.05, 3.63) is 46.9 Å². The molecule has 1 aliphatic rings. The van der Waals surface area contributed by atoms with Gasteiger partial charge in [-0.3, -0.25) is 4.79 Å². The lowest BCUT2D eigenvalue weighted by atomic mass is 10.2. The van der Waals surface area contributed by atoms with Gasteiger partial charge in [-0.25, -0.2) is 0 Å². The Morgan fingerprint density at radius 2 is 2.24 bits per heavy atom. The van der Waals surface area contributed by atoms with E-state index in [1.54, 1.807) is 24.5 Å². The van der Waals surface area contributed by atoms with E-state index < -0.39 is 0 Å². The summed E-state index contributed by atoms with van der Waals surface area (Å²) in [6, 6.07) is 7.07. The molecule has 0 amide bonds. The maximum atomic E-state index is 11.7. The zero-order valence-corrected chi connectivity index (χ0v) is 11.9. The molecule has 0 radical (unpaired) electrons. The van der Waals surface area contributed by atoms with Crippen molar-refractivity contribution in [2.24, 2.45) is 0 Å². The molecule has 21 heavy (non-hydrogen) atoms. The van der Waals surface area contributed by atoms with E-state index in [9.17, 15) is 4.79 Å². The van der Waals surface area contributed by atoms with Crippen LogP contribution in [-0.4, -0.2) is 12.8 Å². The molecule has 0 unspecified atom stereocenters. The predicted octanol–water partition coefficient (Wildman–Crippen LogP) is 3.34. The molecule has 0 fully saturated rings. The highest BCUT2D eigenvalue weighted by Gasteiger charge is 2.18. The van der Waals surface area contributed by atoms with Crippen LogP contribution < -0.4 is 9.47 Å². The first-order chi connectivity index (χ1) is 10.2. The van der Waals surface area contributed by atoms with E-state index in [-0.39, 0.29) is 25.8 Å². The third-order valence-electron chi connectivity index (χ3n) is 3.04. The van der Waals surface area contributed by atoms with E-state index in [0.717, 1.165) is 11.3 Å². The van der Waals surface area contributed by atoms with Gasteiger partial charge in [0.15, 0.2) is 11.5 Å². The van der Waals surface area contributed by atoms with Gasteiger partial charge < -0.3 is 18.6 Å². The van der Waals surface area contributed by atoms with Gasteiger partial charge in [-0.2, -0.15) is 0 Å². The maximum absolute atomic E-state index is 11.7. The molecule has 2 heterocycles. The Kier molecular flexibility index (Phi) is 4.01. The van der Waals surface area contributed by atoms with E-state index in [0.29, 0.717) is 22.9 Å². The van der Waals surface area contributed by atoms with Crippen LogP contribution in [0.25, 0.3) is 0 Å². The Balaban J connectivity index is 1.53. The number of hydrogen-bond donors (Lipinski definition) is 0. The summed E-state index contributed by atoms with van der Waals surface area (Å²) in [5, 5.41) is 0.451. The number of benzene rings is 1. The Morgan fingerprint density at radius 1 is 1.33 bits per heavy atom. The third-order valence-corrected chi connectivity index (χ3v) is 3.32. The van der Waals surface area contributed by atoms with Crippen LogP contribution in [0.2, 0.25) is 5.02 Å². The molecule has 0 N–H and O–H groups in total. The summed E-state index contributed by atoms with van der Waals surface area (Å²) in [4.78, 5) is 11.7. The highest BCUT2D eigenvalue weighted by molar-refractivity contribution is 6.32. The van der Waals surface area contributed by atoms with Crippen molar-refractivity contribution < 1.29 is 23.4 Å². The summed E-state index contributed by atoms with van der Waals surface area (Å²) in [6.07, 6.45) is 2.37. The number of hydrogen-bond acceptors (Lipinski definition) is 5. The van der Waals surface area contributed by atoms with Gasteiger partial charge in [-0.15, -0.1) is 0 Å². The molecule has 0 spiro atoms. The summed E-state index contributed by atoms with van der Waals surface area (Å²) in [5.41, 5.74) is 0.760. The minimum atomic E-state index is -0.291. The molecule has 0 atom stereocenters. The topological polar surface area (TPSA) is 57.9 Å². The number of esters is 1. The molecule has 0 aliphatic carbocycles. The fourth-order valence-corrected chi connectivity index (χ4v) is 2.31. The van der Waals surface area contributed by atoms with Crippen LogP contribution in [0.5, 0.6) is 11.5 Å². The van der Waals surface area contributed by atoms with Crippen molar-refractivity contribution >= 4 is 17.6 Å². The smallest absolute Gasteiger partial charge is 0.306 e. The van der Waals surface area contributed by atoms with Crippen molar-refractivity contribution in [3.8, 4) is 11.5 Å². The molecular weight excluding hydrogens is 296 g/mol. The summed E-state index contributed by atoms with van der Waals surface area (Å²) < 4.78 is 20.8. The van der Waals surface area contributed by atoms with Crippen molar-refractivity contribution in [2.45, 2.75) is 19.4 Å². The first-order valence-corrected chi connectivity index (χ1v) is 6.86. The first-order valence-electron chi connectivity index (χ1n) is 6.48. The summed E-state index contributed by atoms with van der Waals surface area (Å²) >= 11 is 6.06. The molecule has 5 nitrogen and oxygen atoms in total. The van der Waals surface area contributed by atoms with Crippen molar-refractivity contribution in [2.75, 3.05) is 6.79 Å². The number of carbonyl (C=O) groups excluding carboxylic acids is 1. The maximum Gasteiger partial charge on any atom is 0.306 e. The lowest BCUT2D eigenvalue weighted by Crippen LogP contribution is -2.05. The normalized spacial score (nSPS) is 12.4. The Hall–Kier alpha value is -2.14. The number of carbonyl (C=O) groups is 1. The molecule has 1 aliphatic heterocycles. The number of fused-ring (bicyclic) bond motifs is 1. The SMILES string of the molecule is O=C(CCc1ccco1)OCc1cc(Cl)c2c(c1)OCO2. The molecule has 3 rings (SSSR count). The van der Waals surface area contributed by atoms with Gasteiger partial charge in [0.05, 0.1) is 17.7 Å². The Bertz CT molecular complexity index is 636. The number of furan rings is 1. The van der Waals surface area contributed by atoms with Crippen LogP contribution in [-0.2, 0) is 22.6 Å². The van der Waals surface area contributed by atoms with Crippen LogP contribution in [0, 0.1) is 0 Å². The van der Waals surface area contributed by atoms with E-state index in [2.05, 4.69) is 0 Å². The molecule has 6 heteroatoms. The van der Waals surface area contributed by atoms with Gasteiger partial charge in [0.1, 0.15) is 12.4 Å². The highest BCUT2D eigenvalue weighted by Crippen LogP contribution is 2.39. The molecule has 110 valence electrons. The lowest BCUT2D eigenvalue weighted by Gasteiger charge is -2.06. The molecule has 2 aromatic rings. The Labute approximate surface area is 126 Å². The second-order valence-corrected chi connectivity index (χ2v) is 4.96. The largest absolute Gasteiger partial charge is 0.469 e. The monoisotopic (exact) mass is 308 g/mol. The summed E-state index contributed by atoms with van der Waals surface area (Å²) in [6.45, 7) is 0.300. The first kappa shape index (κ1) is 13.8. The standard InChI is InChI=1S/C15H13ClO5/c16-12-6-10(7-13-15(12)21-9-20-13)8-19-14(17)4-3-11-2-1-5-18-11/h1-2,5-7H,3-4,8-9H2. The predicted molar refractivity (Wildman–Crippen MR) is 74.4 cm³/mol. The van der Waals surface area contributed by atoms with Gasteiger partial charge >= 0.3 is 5.97 Å². The lowest BCUT2D eigenvalue weighted by molar-refractivity contribution is -0.145. The van der Waals surface area contributed by atoms with Gasteiger partial charge in [-0.1, -0.05) is 11.6 Å². The number of rotatable bonds is 5. The molecule has 1 aromatic heterocycles. The van der Waals surface area contributed by atoms with Crippen molar-refractivity contribution in [3.63, 3.8) is 0 Å². The summed E-state index contributed by atoms with van der Waals surface area (Å²) in [5.74, 6) is 1.58. The van der Waals surface area contributed by atoms with Crippen molar-refractivity contribution in [1.29, 1.82) is 0 Å². The number of halogens is 1. The van der Waals surface area contributed by atoms with Crippen LogP contribution in [0.15, 0.2) is 34.9 Å². The van der Waals surface area contributed by atoms with Crippen molar-refractivity contribution in [1.82, 2.24) is 0 Å². The van der Waals surface area contributed by atoms with E-state index in [4.69, 9.17) is 30.2 Å². The molecule has 0 saturated heterocycles. The fourth-order valence-electron chi connectivity index (χ4n) is 2.02. The van der Waals surface area contributed by atoms with Gasteiger partial charge in [0.25, 0.3) is 0 Å². The third kappa shape index (κ3) is 3.31. The van der Waals surface area contributed by atoms with Crippen LogP contribution >= 0.6 is 11.6 Å². The van der Waals surface area contributed by atoms with Gasteiger partial charge in [0.2, 0.25) is 6.79 Å². The molecule has 0 saturated carbocycles. The summed E-state index contributed by atoms with van der Waals surface area (Å²) in [7, 11) is 0. The molecule has 0 bridgehead atoms. The highest BCUT2D eigenvalue weighted by atomic mass is 35.5. The second-order valence-electron chi connectivity index (χ2n) is 4.55.